The third-order valence-electron chi connectivity index (χ3n) is 3.79. The summed E-state index contributed by atoms with van der Waals surface area (Å²) < 4.78 is 40.5. The molecule has 0 aliphatic carbocycles. The summed E-state index contributed by atoms with van der Waals surface area (Å²) in [5.41, 5.74) is 1.53. The molecule has 1 heterocycles. The maximum absolute atomic E-state index is 12.3. The van der Waals surface area contributed by atoms with Crippen molar-refractivity contribution in [3.8, 4) is 16.9 Å². The number of fused-ring (bicyclic) bond motifs is 1. The predicted octanol–water partition coefficient (Wildman–Crippen LogP) is 4.20. The molecule has 6 nitrogen and oxygen atoms in total. The number of esters is 1. The van der Waals surface area contributed by atoms with Gasteiger partial charge in [-0.1, -0.05) is 18.2 Å². The summed E-state index contributed by atoms with van der Waals surface area (Å²) in [7, 11) is 0. The van der Waals surface area contributed by atoms with E-state index in [0.29, 0.717) is 11.1 Å². The van der Waals surface area contributed by atoms with Gasteiger partial charge in [-0.25, -0.2) is 4.79 Å². The number of hydrogen-bond donors (Lipinski definition) is 0. The largest absolute Gasteiger partial charge is 0.459 e. The highest BCUT2D eigenvalue weighted by molar-refractivity contribution is 5.82. The quantitative estimate of drug-likeness (QED) is 0.610. The average molecular weight is 391 g/mol. The number of alkyl halides is 2. The van der Waals surface area contributed by atoms with Gasteiger partial charge in [0.1, 0.15) is 17.9 Å². The summed E-state index contributed by atoms with van der Waals surface area (Å²) in [6.45, 7) is 2.03. The van der Waals surface area contributed by atoms with Crippen LogP contribution in [0.3, 0.4) is 0 Å². The Bertz CT molecular complexity index is 1050. The van der Waals surface area contributed by atoms with Crippen molar-refractivity contribution >= 4 is 17.1 Å². The van der Waals surface area contributed by atoms with Gasteiger partial charge in [-0.15, -0.1) is 0 Å². The number of halogens is 2. The fraction of sp³-hybridized carbons (Fsp3) is 0.300. The van der Waals surface area contributed by atoms with Crippen LogP contribution in [0.25, 0.3) is 22.2 Å². The standard InChI is InChI=1S/C20H19F2NO5/c1-20(2,3)28-17(24)11-23-15-10-13(6-9-16(15)27-19(23)25)12-4-7-14(8-5-12)26-18(21)22/h4-10,18H,11H2,1-3H3. The van der Waals surface area contributed by atoms with Gasteiger partial charge in [0.15, 0.2) is 5.58 Å². The lowest BCUT2D eigenvalue weighted by molar-refractivity contribution is -0.155. The fourth-order valence-corrected chi connectivity index (χ4v) is 2.72. The monoisotopic (exact) mass is 391 g/mol. The highest BCUT2D eigenvalue weighted by atomic mass is 19.3. The van der Waals surface area contributed by atoms with E-state index in [4.69, 9.17) is 9.15 Å². The molecule has 0 amide bonds. The molecule has 8 heteroatoms. The first-order chi connectivity index (χ1) is 13.1. The maximum atomic E-state index is 12.3. The van der Waals surface area contributed by atoms with Gasteiger partial charge in [-0.2, -0.15) is 8.78 Å². The molecule has 3 rings (SSSR count). The molecule has 0 atom stereocenters. The molecule has 0 bridgehead atoms. The van der Waals surface area contributed by atoms with Gasteiger partial charge in [0.25, 0.3) is 0 Å². The maximum Gasteiger partial charge on any atom is 0.420 e. The first-order valence-corrected chi connectivity index (χ1v) is 8.53. The van der Waals surface area contributed by atoms with Gasteiger partial charge in [0.05, 0.1) is 5.52 Å². The van der Waals surface area contributed by atoms with E-state index in [-0.39, 0.29) is 12.3 Å². The minimum absolute atomic E-state index is 0.0463. The molecule has 2 aromatic carbocycles. The van der Waals surface area contributed by atoms with Crippen LogP contribution in [0.4, 0.5) is 8.78 Å². The van der Waals surface area contributed by atoms with E-state index < -0.39 is 23.9 Å². The molecule has 3 aromatic rings. The third-order valence-corrected chi connectivity index (χ3v) is 3.79. The summed E-state index contributed by atoms with van der Waals surface area (Å²) in [6, 6.07) is 11.1. The van der Waals surface area contributed by atoms with Gasteiger partial charge in [-0.3, -0.25) is 9.36 Å². The topological polar surface area (TPSA) is 70.7 Å². The minimum Gasteiger partial charge on any atom is -0.459 e. The molecule has 0 radical (unpaired) electrons. The Hall–Kier alpha value is -3.16. The van der Waals surface area contributed by atoms with Crippen LogP contribution in [0.5, 0.6) is 5.75 Å². The Balaban J connectivity index is 1.92. The number of oxazole rings is 1. The summed E-state index contributed by atoms with van der Waals surface area (Å²) in [6.07, 6.45) is 0. The van der Waals surface area contributed by atoms with E-state index in [1.165, 1.54) is 16.7 Å². The van der Waals surface area contributed by atoms with E-state index in [2.05, 4.69) is 4.74 Å². The molecule has 0 aliphatic rings. The average Bonchev–Trinajstić information content (AvgIpc) is 2.88. The molecule has 0 aliphatic heterocycles. The van der Waals surface area contributed by atoms with Crippen LogP contribution in [0.15, 0.2) is 51.7 Å². The van der Waals surface area contributed by atoms with Crippen molar-refractivity contribution in [2.24, 2.45) is 0 Å². The van der Waals surface area contributed by atoms with E-state index in [0.717, 1.165) is 11.1 Å². The van der Waals surface area contributed by atoms with E-state index in [1.54, 1.807) is 51.1 Å². The van der Waals surface area contributed by atoms with Crippen LogP contribution in [0.1, 0.15) is 20.8 Å². The summed E-state index contributed by atoms with van der Waals surface area (Å²) >= 11 is 0. The second-order valence-electron chi connectivity index (χ2n) is 7.13. The lowest BCUT2D eigenvalue weighted by Gasteiger charge is -2.19. The van der Waals surface area contributed by atoms with Crippen molar-refractivity contribution in [3.05, 3.63) is 53.0 Å². The first kappa shape index (κ1) is 19.6. The Kier molecular flexibility index (Phi) is 5.22. The van der Waals surface area contributed by atoms with Crippen molar-refractivity contribution in [2.75, 3.05) is 0 Å². The molecule has 0 spiro atoms. The number of benzene rings is 2. The summed E-state index contributed by atoms with van der Waals surface area (Å²) in [4.78, 5) is 24.2. The number of carbonyl (C=O) groups excluding carboxylic acids is 1. The number of hydrogen-bond acceptors (Lipinski definition) is 5. The van der Waals surface area contributed by atoms with Gasteiger partial charge < -0.3 is 13.9 Å². The van der Waals surface area contributed by atoms with Gasteiger partial charge in [0.2, 0.25) is 0 Å². The summed E-state index contributed by atoms with van der Waals surface area (Å²) in [5, 5.41) is 0. The normalized spacial score (nSPS) is 11.8. The first-order valence-electron chi connectivity index (χ1n) is 8.53. The third kappa shape index (κ3) is 4.57. The van der Waals surface area contributed by atoms with Crippen LogP contribution in [0.2, 0.25) is 0 Å². The fourth-order valence-electron chi connectivity index (χ4n) is 2.72. The smallest absolute Gasteiger partial charge is 0.420 e. The Morgan fingerprint density at radius 3 is 2.36 bits per heavy atom. The van der Waals surface area contributed by atoms with E-state index in [1.807, 2.05) is 0 Å². The zero-order valence-electron chi connectivity index (χ0n) is 15.6. The minimum atomic E-state index is -2.89. The Morgan fingerprint density at radius 2 is 1.75 bits per heavy atom. The van der Waals surface area contributed by atoms with E-state index in [9.17, 15) is 18.4 Å². The predicted molar refractivity (Wildman–Crippen MR) is 98.4 cm³/mol. The lowest BCUT2D eigenvalue weighted by Crippen LogP contribution is -2.29. The number of aromatic nitrogens is 1. The lowest BCUT2D eigenvalue weighted by atomic mass is 10.1. The molecular weight excluding hydrogens is 372 g/mol. The van der Waals surface area contributed by atoms with Gasteiger partial charge in [-0.05, 0) is 56.2 Å². The summed E-state index contributed by atoms with van der Waals surface area (Å²) in [5.74, 6) is -1.18. The Morgan fingerprint density at radius 1 is 1.11 bits per heavy atom. The number of carbonyl (C=O) groups is 1. The van der Waals surface area contributed by atoms with Crippen molar-refractivity contribution in [1.29, 1.82) is 0 Å². The molecular formula is C20H19F2NO5. The number of rotatable bonds is 5. The molecule has 1 aromatic heterocycles. The molecule has 148 valence electrons. The van der Waals surface area contributed by atoms with Crippen LogP contribution in [-0.2, 0) is 16.1 Å². The molecule has 0 fully saturated rings. The van der Waals surface area contributed by atoms with Crippen molar-refractivity contribution < 1.29 is 27.5 Å². The zero-order chi connectivity index (χ0) is 20.5. The van der Waals surface area contributed by atoms with Crippen molar-refractivity contribution in [1.82, 2.24) is 4.57 Å². The highest BCUT2D eigenvalue weighted by Gasteiger charge is 2.19. The van der Waals surface area contributed by atoms with Gasteiger partial charge in [0, 0.05) is 0 Å². The molecule has 28 heavy (non-hydrogen) atoms. The molecule has 0 unspecified atom stereocenters. The van der Waals surface area contributed by atoms with E-state index >= 15 is 0 Å². The second-order valence-corrected chi connectivity index (χ2v) is 7.13. The SMILES string of the molecule is CC(C)(C)OC(=O)Cn1c(=O)oc2ccc(-c3ccc(OC(F)F)cc3)cc21. The number of ether oxygens (including phenoxy) is 2. The molecule has 0 N–H and O–H groups in total. The van der Waals surface area contributed by atoms with Crippen molar-refractivity contribution in [3.63, 3.8) is 0 Å². The highest BCUT2D eigenvalue weighted by Crippen LogP contribution is 2.26. The zero-order valence-corrected chi connectivity index (χ0v) is 15.6. The van der Waals surface area contributed by atoms with Crippen LogP contribution < -0.4 is 10.5 Å². The number of nitrogens with zero attached hydrogens (tertiary/aromatic N) is 1. The van der Waals surface area contributed by atoms with Crippen LogP contribution in [0, 0.1) is 0 Å². The second kappa shape index (κ2) is 7.46. The molecule has 0 saturated heterocycles. The van der Waals surface area contributed by atoms with Gasteiger partial charge >= 0.3 is 18.3 Å². The Labute approximate surface area is 159 Å². The molecule has 0 saturated carbocycles. The van der Waals surface area contributed by atoms with Crippen molar-refractivity contribution in [2.45, 2.75) is 39.5 Å². The van der Waals surface area contributed by atoms with Crippen LogP contribution in [-0.4, -0.2) is 22.7 Å². The van der Waals surface area contributed by atoms with Crippen LogP contribution >= 0.6 is 0 Å².